The molecule has 0 saturated carbocycles. The molecule has 1 heterocycles. The first-order valence-electron chi connectivity index (χ1n) is 9.27. The first-order valence-corrected chi connectivity index (χ1v) is 10.1. The molecule has 2 aromatic rings. The van der Waals surface area contributed by atoms with Crippen LogP contribution in [0.15, 0.2) is 53.0 Å². The molecule has 2 aromatic carbocycles. The smallest absolute Gasteiger partial charge is 0.224 e. The highest BCUT2D eigenvalue weighted by atomic mass is 79.9. The Balaban J connectivity index is 1.42. The van der Waals surface area contributed by atoms with Crippen LogP contribution >= 0.6 is 15.9 Å². The number of amides is 1. The van der Waals surface area contributed by atoms with Gasteiger partial charge in [-0.25, -0.2) is 4.39 Å². The Morgan fingerprint density at radius 3 is 2.52 bits per heavy atom. The zero-order valence-electron chi connectivity index (χ0n) is 15.5. The Hall–Kier alpha value is -1.92. The predicted octanol–water partition coefficient (Wildman–Crippen LogP) is 3.46. The first-order chi connectivity index (χ1) is 13.0. The fraction of sp³-hybridized carbons (Fsp3) is 0.381. The largest absolute Gasteiger partial charge is 0.369 e. The third-order valence-electron chi connectivity index (χ3n) is 5.00. The molecule has 144 valence electrons. The van der Waals surface area contributed by atoms with Gasteiger partial charge in [-0.15, -0.1) is 0 Å². The zero-order valence-corrected chi connectivity index (χ0v) is 17.1. The lowest BCUT2D eigenvalue weighted by atomic mass is 10.1. The van der Waals surface area contributed by atoms with Gasteiger partial charge >= 0.3 is 0 Å². The van der Waals surface area contributed by atoms with E-state index < -0.39 is 0 Å². The number of rotatable bonds is 6. The summed E-state index contributed by atoms with van der Waals surface area (Å²) in [6, 6.07) is 15.4. The van der Waals surface area contributed by atoms with Crippen LogP contribution in [0, 0.1) is 5.82 Å². The zero-order chi connectivity index (χ0) is 19.2. The molecular weight excluding hydrogens is 409 g/mol. The van der Waals surface area contributed by atoms with Crippen molar-refractivity contribution in [2.24, 2.45) is 0 Å². The third kappa shape index (κ3) is 5.53. The fourth-order valence-electron chi connectivity index (χ4n) is 3.35. The predicted molar refractivity (Wildman–Crippen MR) is 111 cm³/mol. The van der Waals surface area contributed by atoms with E-state index in [0.29, 0.717) is 11.0 Å². The lowest BCUT2D eigenvalue weighted by molar-refractivity contribution is -0.120. The summed E-state index contributed by atoms with van der Waals surface area (Å²) < 4.78 is 13.7. The average molecular weight is 434 g/mol. The van der Waals surface area contributed by atoms with E-state index >= 15 is 0 Å². The van der Waals surface area contributed by atoms with E-state index in [2.05, 4.69) is 62.2 Å². The first kappa shape index (κ1) is 19.8. The number of hydrogen-bond donors (Lipinski definition) is 1. The number of anilines is 1. The molecule has 0 aromatic heterocycles. The van der Waals surface area contributed by atoms with Gasteiger partial charge in [-0.05, 0) is 52.7 Å². The molecule has 6 heteroatoms. The summed E-state index contributed by atoms with van der Waals surface area (Å²) in [5.41, 5.74) is 2.06. The molecule has 0 bridgehead atoms. The minimum atomic E-state index is -0.317. The Morgan fingerprint density at radius 1 is 1.15 bits per heavy atom. The Kier molecular flexibility index (Phi) is 6.85. The van der Waals surface area contributed by atoms with Gasteiger partial charge in [0.05, 0.1) is 10.9 Å². The topological polar surface area (TPSA) is 35.6 Å². The van der Waals surface area contributed by atoms with Crippen LogP contribution in [0.5, 0.6) is 0 Å². The van der Waals surface area contributed by atoms with Crippen LogP contribution in [-0.4, -0.2) is 49.6 Å². The quantitative estimate of drug-likeness (QED) is 0.757. The van der Waals surface area contributed by atoms with Crippen LogP contribution < -0.4 is 10.2 Å². The average Bonchev–Trinajstić information content (AvgIpc) is 2.70. The number of para-hydroxylation sites is 1. The van der Waals surface area contributed by atoms with Crippen LogP contribution in [0.2, 0.25) is 0 Å². The number of piperazine rings is 1. The Labute approximate surface area is 168 Å². The van der Waals surface area contributed by atoms with E-state index in [1.54, 1.807) is 12.1 Å². The maximum absolute atomic E-state index is 13.3. The standard InChI is InChI=1S/C21H25BrFN3O/c1-16(15-24-21(27)14-17-7-8-20(23)19(22)13-17)25-9-11-26(12-10-25)18-5-3-2-4-6-18/h2-8,13,16H,9-12,14-15H2,1H3,(H,24,27). The van der Waals surface area contributed by atoms with Crippen molar-refractivity contribution < 1.29 is 9.18 Å². The molecule has 1 amide bonds. The summed E-state index contributed by atoms with van der Waals surface area (Å²) in [5.74, 6) is -0.356. The van der Waals surface area contributed by atoms with Gasteiger partial charge < -0.3 is 10.2 Å². The van der Waals surface area contributed by atoms with Gasteiger partial charge in [0, 0.05) is 44.5 Å². The third-order valence-corrected chi connectivity index (χ3v) is 5.61. The summed E-state index contributed by atoms with van der Waals surface area (Å²) in [5, 5.41) is 3.00. The second kappa shape index (κ2) is 9.33. The molecule has 1 aliphatic heterocycles. The highest BCUT2D eigenvalue weighted by Gasteiger charge is 2.21. The van der Waals surface area contributed by atoms with Crippen molar-refractivity contribution in [2.45, 2.75) is 19.4 Å². The Morgan fingerprint density at radius 2 is 1.85 bits per heavy atom. The minimum absolute atomic E-state index is 0.0386. The van der Waals surface area contributed by atoms with Crippen molar-refractivity contribution in [3.63, 3.8) is 0 Å². The minimum Gasteiger partial charge on any atom is -0.369 e. The van der Waals surface area contributed by atoms with E-state index in [1.165, 1.54) is 11.8 Å². The lowest BCUT2D eigenvalue weighted by Crippen LogP contribution is -2.52. The van der Waals surface area contributed by atoms with Crippen molar-refractivity contribution in [2.75, 3.05) is 37.6 Å². The van der Waals surface area contributed by atoms with Crippen molar-refractivity contribution in [3.8, 4) is 0 Å². The molecule has 0 spiro atoms. The second-order valence-electron chi connectivity index (χ2n) is 6.94. The van der Waals surface area contributed by atoms with Crippen molar-refractivity contribution in [3.05, 3.63) is 64.4 Å². The van der Waals surface area contributed by atoms with Crippen molar-refractivity contribution in [1.29, 1.82) is 0 Å². The normalized spacial score (nSPS) is 16.2. The second-order valence-corrected chi connectivity index (χ2v) is 7.79. The van der Waals surface area contributed by atoms with Crippen LogP contribution in [0.3, 0.4) is 0 Å². The number of nitrogens with zero attached hydrogens (tertiary/aromatic N) is 2. The molecule has 4 nitrogen and oxygen atoms in total. The number of benzene rings is 2. The molecule has 27 heavy (non-hydrogen) atoms. The molecule has 0 radical (unpaired) electrons. The van der Waals surface area contributed by atoms with Crippen LogP contribution in [0.25, 0.3) is 0 Å². The van der Waals surface area contributed by atoms with Crippen LogP contribution in [-0.2, 0) is 11.2 Å². The molecule has 1 aliphatic rings. The molecule has 3 rings (SSSR count). The van der Waals surface area contributed by atoms with E-state index in [-0.39, 0.29) is 24.2 Å². The van der Waals surface area contributed by atoms with Crippen molar-refractivity contribution in [1.82, 2.24) is 10.2 Å². The summed E-state index contributed by atoms with van der Waals surface area (Å²) in [6.07, 6.45) is 0.257. The fourth-order valence-corrected chi connectivity index (χ4v) is 3.77. The molecule has 1 unspecified atom stereocenters. The summed E-state index contributed by atoms with van der Waals surface area (Å²) in [7, 11) is 0. The highest BCUT2D eigenvalue weighted by Crippen LogP contribution is 2.18. The van der Waals surface area contributed by atoms with E-state index in [4.69, 9.17) is 0 Å². The molecule has 1 N–H and O–H groups in total. The summed E-state index contributed by atoms with van der Waals surface area (Å²) in [6.45, 7) is 6.71. The van der Waals surface area contributed by atoms with Gasteiger partial charge in [-0.1, -0.05) is 24.3 Å². The van der Waals surface area contributed by atoms with Crippen LogP contribution in [0.1, 0.15) is 12.5 Å². The van der Waals surface area contributed by atoms with E-state index in [9.17, 15) is 9.18 Å². The van der Waals surface area contributed by atoms with Gasteiger partial charge in [0.2, 0.25) is 5.91 Å². The van der Waals surface area contributed by atoms with Gasteiger partial charge in [0.1, 0.15) is 5.82 Å². The number of nitrogens with one attached hydrogen (secondary N) is 1. The molecule has 1 fully saturated rings. The maximum Gasteiger partial charge on any atom is 0.224 e. The van der Waals surface area contributed by atoms with Gasteiger partial charge in [0.15, 0.2) is 0 Å². The van der Waals surface area contributed by atoms with E-state index in [0.717, 1.165) is 31.7 Å². The number of halogens is 2. The maximum atomic E-state index is 13.3. The van der Waals surface area contributed by atoms with Gasteiger partial charge in [0.25, 0.3) is 0 Å². The summed E-state index contributed by atoms with van der Waals surface area (Å²) >= 11 is 3.15. The lowest BCUT2D eigenvalue weighted by Gasteiger charge is -2.39. The Bertz CT molecular complexity index is 763. The molecule has 0 aliphatic carbocycles. The summed E-state index contributed by atoms with van der Waals surface area (Å²) in [4.78, 5) is 17.0. The molecule has 1 saturated heterocycles. The molecular formula is C21H25BrFN3O. The van der Waals surface area contributed by atoms with Gasteiger partial charge in [-0.2, -0.15) is 0 Å². The SMILES string of the molecule is CC(CNC(=O)Cc1ccc(F)c(Br)c1)N1CCN(c2ccccc2)CC1. The van der Waals surface area contributed by atoms with Crippen LogP contribution in [0.4, 0.5) is 10.1 Å². The monoisotopic (exact) mass is 433 g/mol. The van der Waals surface area contributed by atoms with Crippen molar-refractivity contribution >= 4 is 27.5 Å². The highest BCUT2D eigenvalue weighted by molar-refractivity contribution is 9.10. The number of hydrogen-bond acceptors (Lipinski definition) is 3. The number of carbonyl (C=O) groups excluding carboxylic acids is 1. The van der Waals surface area contributed by atoms with E-state index in [1.807, 2.05) is 6.07 Å². The number of carbonyl (C=O) groups is 1. The van der Waals surface area contributed by atoms with Gasteiger partial charge in [-0.3, -0.25) is 9.69 Å². The molecule has 1 atom stereocenters.